The monoisotopic (exact) mass is 325 g/mol. The Morgan fingerprint density at radius 3 is 2.92 bits per heavy atom. The summed E-state index contributed by atoms with van der Waals surface area (Å²) in [7, 11) is 0. The average molecular weight is 325 g/mol. The molecule has 0 spiro atoms. The molecule has 6 nitrogen and oxygen atoms in total. The van der Waals surface area contributed by atoms with E-state index >= 15 is 0 Å². The van der Waals surface area contributed by atoms with Crippen molar-refractivity contribution in [2.24, 2.45) is 0 Å². The van der Waals surface area contributed by atoms with Crippen molar-refractivity contribution in [3.05, 3.63) is 59.3 Å². The van der Waals surface area contributed by atoms with Crippen LogP contribution in [0.5, 0.6) is 0 Å². The lowest BCUT2D eigenvalue weighted by Crippen LogP contribution is -2.31. The van der Waals surface area contributed by atoms with Gasteiger partial charge in [0, 0.05) is 49.4 Å². The van der Waals surface area contributed by atoms with Crippen LogP contribution in [-0.4, -0.2) is 26.6 Å². The van der Waals surface area contributed by atoms with E-state index in [0.29, 0.717) is 18.3 Å². The van der Waals surface area contributed by atoms with Gasteiger partial charge in [0.15, 0.2) is 5.76 Å². The molecule has 0 unspecified atom stereocenters. The maximum absolute atomic E-state index is 13.0. The van der Waals surface area contributed by atoms with Gasteiger partial charge in [0.05, 0.1) is 11.4 Å². The van der Waals surface area contributed by atoms with E-state index in [-0.39, 0.29) is 5.82 Å². The third-order valence-corrected chi connectivity index (χ3v) is 4.10. The number of benzene rings is 1. The van der Waals surface area contributed by atoms with Gasteiger partial charge in [-0.05, 0) is 24.3 Å². The predicted molar refractivity (Wildman–Crippen MR) is 86.2 cm³/mol. The number of aromatic nitrogens is 3. The van der Waals surface area contributed by atoms with Crippen molar-refractivity contribution in [3.8, 4) is 11.3 Å². The lowest BCUT2D eigenvalue weighted by molar-refractivity contribution is 0.235. The average Bonchev–Trinajstić information content (AvgIpc) is 3.04. The van der Waals surface area contributed by atoms with Crippen LogP contribution in [0.2, 0.25) is 0 Å². The maximum Gasteiger partial charge on any atom is 0.220 e. The van der Waals surface area contributed by atoms with Crippen LogP contribution in [0.25, 0.3) is 11.3 Å². The highest BCUT2D eigenvalue weighted by Gasteiger charge is 2.19. The Labute approximate surface area is 138 Å². The fraction of sp³-hybridized carbons (Fsp3) is 0.235. The first-order valence-corrected chi connectivity index (χ1v) is 7.71. The number of halogens is 1. The van der Waals surface area contributed by atoms with Crippen molar-refractivity contribution in [2.75, 3.05) is 12.3 Å². The summed E-state index contributed by atoms with van der Waals surface area (Å²) in [6.07, 6.45) is 2.63. The molecule has 1 aromatic carbocycles. The van der Waals surface area contributed by atoms with E-state index in [2.05, 4.69) is 20.0 Å². The summed E-state index contributed by atoms with van der Waals surface area (Å²) in [6.45, 7) is 2.31. The fourth-order valence-electron chi connectivity index (χ4n) is 2.89. The SMILES string of the molecule is Nc1ncc2c(n1)CCN(Cc1cc(-c3ccc(F)cc3)on1)C2. The highest BCUT2D eigenvalue weighted by molar-refractivity contribution is 5.57. The van der Waals surface area contributed by atoms with Gasteiger partial charge in [0.2, 0.25) is 5.95 Å². The molecular formula is C17H16FN5O. The maximum atomic E-state index is 13.0. The molecule has 2 N–H and O–H groups in total. The molecule has 3 aromatic rings. The second kappa shape index (κ2) is 6.01. The molecule has 0 atom stereocenters. The second-order valence-electron chi connectivity index (χ2n) is 5.85. The van der Waals surface area contributed by atoms with Crippen LogP contribution in [0, 0.1) is 5.82 Å². The summed E-state index contributed by atoms with van der Waals surface area (Å²) in [5.74, 6) is 0.689. The molecule has 1 aliphatic rings. The Morgan fingerprint density at radius 2 is 2.08 bits per heavy atom. The summed E-state index contributed by atoms with van der Waals surface area (Å²) in [5, 5.41) is 4.12. The summed E-state index contributed by atoms with van der Waals surface area (Å²) in [4.78, 5) is 10.6. The van der Waals surface area contributed by atoms with E-state index in [1.54, 1.807) is 18.3 Å². The van der Waals surface area contributed by atoms with Gasteiger partial charge in [0.1, 0.15) is 5.82 Å². The van der Waals surface area contributed by atoms with Gasteiger partial charge in [-0.15, -0.1) is 0 Å². The highest BCUT2D eigenvalue weighted by Crippen LogP contribution is 2.23. The predicted octanol–water partition coefficient (Wildman–Crippen LogP) is 2.41. The van der Waals surface area contributed by atoms with Gasteiger partial charge >= 0.3 is 0 Å². The van der Waals surface area contributed by atoms with Crippen molar-refractivity contribution in [1.29, 1.82) is 0 Å². The van der Waals surface area contributed by atoms with E-state index in [9.17, 15) is 4.39 Å². The minimum atomic E-state index is -0.270. The van der Waals surface area contributed by atoms with Crippen molar-refractivity contribution >= 4 is 5.95 Å². The number of nitrogens with two attached hydrogens (primary N) is 1. The smallest absolute Gasteiger partial charge is 0.220 e. The molecule has 24 heavy (non-hydrogen) atoms. The van der Waals surface area contributed by atoms with Crippen molar-refractivity contribution in [1.82, 2.24) is 20.0 Å². The zero-order chi connectivity index (χ0) is 16.5. The molecule has 4 rings (SSSR count). The lowest BCUT2D eigenvalue weighted by atomic mass is 10.1. The first-order chi connectivity index (χ1) is 11.7. The molecular weight excluding hydrogens is 309 g/mol. The van der Waals surface area contributed by atoms with E-state index in [1.165, 1.54) is 12.1 Å². The van der Waals surface area contributed by atoms with E-state index < -0.39 is 0 Å². The molecule has 2 aromatic heterocycles. The van der Waals surface area contributed by atoms with Gasteiger partial charge in [-0.2, -0.15) is 0 Å². The highest BCUT2D eigenvalue weighted by atomic mass is 19.1. The summed E-state index contributed by atoms with van der Waals surface area (Å²) in [5.41, 5.74) is 9.39. The number of nitrogen functional groups attached to an aromatic ring is 1. The topological polar surface area (TPSA) is 81.1 Å². The van der Waals surface area contributed by atoms with E-state index in [1.807, 2.05) is 6.07 Å². The number of fused-ring (bicyclic) bond motifs is 1. The first kappa shape index (κ1) is 14.8. The Bertz CT molecular complexity index is 862. The molecule has 1 aliphatic heterocycles. The molecule has 0 amide bonds. The Kier molecular flexibility index (Phi) is 3.70. The molecule has 0 bridgehead atoms. The van der Waals surface area contributed by atoms with Crippen LogP contribution >= 0.6 is 0 Å². The van der Waals surface area contributed by atoms with Crippen molar-refractivity contribution in [2.45, 2.75) is 19.5 Å². The van der Waals surface area contributed by atoms with Crippen molar-refractivity contribution in [3.63, 3.8) is 0 Å². The normalized spacial score (nSPS) is 14.5. The summed E-state index contributed by atoms with van der Waals surface area (Å²) < 4.78 is 18.4. The molecule has 0 fully saturated rings. The molecule has 3 heterocycles. The third-order valence-electron chi connectivity index (χ3n) is 4.10. The van der Waals surface area contributed by atoms with Gasteiger partial charge in [-0.3, -0.25) is 4.90 Å². The van der Waals surface area contributed by atoms with Gasteiger partial charge in [-0.1, -0.05) is 5.16 Å². The Balaban J connectivity index is 1.47. The quantitative estimate of drug-likeness (QED) is 0.796. The fourth-order valence-corrected chi connectivity index (χ4v) is 2.89. The number of rotatable bonds is 3. The van der Waals surface area contributed by atoms with Gasteiger partial charge in [0.25, 0.3) is 0 Å². The molecule has 0 saturated heterocycles. The number of nitrogens with zero attached hydrogens (tertiary/aromatic N) is 4. The first-order valence-electron chi connectivity index (χ1n) is 7.71. The minimum Gasteiger partial charge on any atom is -0.368 e. The molecule has 0 radical (unpaired) electrons. The van der Waals surface area contributed by atoms with Crippen LogP contribution in [0.15, 0.2) is 41.1 Å². The largest absolute Gasteiger partial charge is 0.368 e. The minimum absolute atomic E-state index is 0.270. The van der Waals surface area contributed by atoms with E-state index in [0.717, 1.165) is 42.0 Å². The number of hydrogen-bond donors (Lipinski definition) is 1. The summed E-state index contributed by atoms with van der Waals surface area (Å²) >= 11 is 0. The Hall–Kier alpha value is -2.80. The molecule has 7 heteroatoms. The second-order valence-corrected chi connectivity index (χ2v) is 5.85. The van der Waals surface area contributed by atoms with Crippen LogP contribution in [0.4, 0.5) is 10.3 Å². The zero-order valence-corrected chi connectivity index (χ0v) is 12.9. The lowest BCUT2D eigenvalue weighted by Gasteiger charge is -2.26. The zero-order valence-electron chi connectivity index (χ0n) is 12.9. The van der Waals surface area contributed by atoms with E-state index in [4.69, 9.17) is 10.3 Å². The van der Waals surface area contributed by atoms with Crippen LogP contribution in [-0.2, 0) is 19.5 Å². The van der Waals surface area contributed by atoms with Crippen LogP contribution in [0.1, 0.15) is 17.0 Å². The molecule has 0 saturated carbocycles. The summed E-state index contributed by atoms with van der Waals surface area (Å²) in [6, 6.07) is 8.06. The molecule has 0 aliphatic carbocycles. The standard InChI is InChI=1S/C17H16FN5O/c18-13-3-1-11(2-4-13)16-7-14(22-24-16)10-23-6-5-15-12(9-23)8-20-17(19)21-15/h1-4,7-8H,5-6,9-10H2,(H2,19,20,21). The Morgan fingerprint density at radius 1 is 1.25 bits per heavy atom. The molecule has 122 valence electrons. The van der Waals surface area contributed by atoms with Crippen molar-refractivity contribution < 1.29 is 8.91 Å². The number of anilines is 1. The third kappa shape index (κ3) is 2.98. The van der Waals surface area contributed by atoms with Gasteiger partial charge < -0.3 is 10.3 Å². The van der Waals surface area contributed by atoms with Crippen LogP contribution in [0.3, 0.4) is 0 Å². The number of hydrogen-bond acceptors (Lipinski definition) is 6. The van der Waals surface area contributed by atoms with Crippen LogP contribution < -0.4 is 5.73 Å². The van der Waals surface area contributed by atoms with Gasteiger partial charge in [-0.25, -0.2) is 14.4 Å².